The molecule has 0 saturated heterocycles. The molecule has 0 unspecified atom stereocenters. The van der Waals surface area contributed by atoms with Gasteiger partial charge in [0.05, 0.1) is 5.69 Å². The maximum Gasteiger partial charge on any atom is 0.227 e. The van der Waals surface area contributed by atoms with Gasteiger partial charge in [-0.25, -0.2) is 0 Å². The monoisotopic (exact) mass is 248 g/mol. The van der Waals surface area contributed by atoms with Crippen molar-refractivity contribution in [2.75, 3.05) is 11.9 Å². The van der Waals surface area contributed by atoms with E-state index in [0.29, 0.717) is 17.3 Å². The topological polar surface area (TPSA) is 46.3 Å². The molecule has 1 amide bonds. The van der Waals surface area contributed by atoms with Crippen LogP contribution in [-0.2, 0) is 4.79 Å². The predicted octanol–water partition coefficient (Wildman–Crippen LogP) is 2.08. The lowest BCUT2D eigenvalue weighted by Gasteiger charge is -2.20. The molecule has 2 rings (SSSR count). The lowest BCUT2D eigenvalue weighted by Crippen LogP contribution is -2.28. The molecular formula is C13H16N2OS. The molecule has 0 radical (unpaired) electrons. The fourth-order valence-corrected chi connectivity index (χ4v) is 1.99. The minimum absolute atomic E-state index is 0.135. The first-order valence-electron chi connectivity index (χ1n) is 5.75. The average Bonchev–Trinajstić information content (AvgIpc) is 3.11. The fourth-order valence-electron chi connectivity index (χ4n) is 1.81. The Morgan fingerprint density at radius 2 is 2.12 bits per heavy atom. The quantitative estimate of drug-likeness (QED) is 0.830. The second kappa shape index (κ2) is 4.84. The van der Waals surface area contributed by atoms with E-state index in [-0.39, 0.29) is 5.91 Å². The van der Waals surface area contributed by atoms with Gasteiger partial charge >= 0.3 is 0 Å². The Morgan fingerprint density at radius 3 is 2.71 bits per heavy atom. The highest BCUT2D eigenvalue weighted by atomic mass is 32.1. The first-order chi connectivity index (χ1) is 8.09. The molecule has 17 heavy (non-hydrogen) atoms. The van der Waals surface area contributed by atoms with E-state index in [1.807, 2.05) is 24.3 Å². The molecule has 2 N–H and O–H groups in total. The maximum absolute atomic E-state index is 12.0. The zero-order valence-electron chi connectivity index (χ0n) is 9.85. The van der Waals surface area contributed by atoms with E-state index in [9.17, 15) is 4.79 Å². The van der Waals surface area contributed by atoms with Gasteiger partial charge in [0, 0.05) is 19.0 Å². The molecule has 0 aliphatic heterocycles. The summed E-state index contributed by atoms with van der Waals surface area (Å²) < 4.78 is 0. The van der Waals surface area contributed by atoms with Crippen molar-refractivity contribution in [3.8, 4) is 0 Å². The number of carbonyl (C=O) groups excluding carboxylic acids is 1. The third-order valence-electron chi connectivity index (χ3n) is 3.07. The Balaban J connectivity index is 2.19. The molecule has 4 heteroatoms. The van der Waals surface area contributed by atoms with E-state index in [4.69, 9.17) is 18.0 Å². The van der Waals surface area contributed by atoms with Crippen molar-refractivity contribution >= 4 is 28.8 Å². The van der Waals surface area contributed by atoms with Crippen LogP contribution in [0.2, 0.25) is 0 Å². The molecule has 1 aromatic rings. The standard InChI is InChI=1S/C13H16N2OS/c1-15(12(16)8-9-6-7-9)11-5-3-2-4-10(11)13(14)17/h2-5,9H,6-8H2,1H3,(H2,14,17). The molecule has 0 aromatic heterocycles. The van der Waals surface area contributed by atoms with Gasteiger partial charge in [0.25, 0.3) is 0 Å². The molecule has 1 fully saturated rings. The Hall–Kier alpha value is -1.42. The number of benzene rings is 1. The summed E-state index contributed by atoms with van der Waals surface area (Å²) in [5.74, 6) is 0.721. The van der Waals surface area contributed by atoms with Gasteiger partial charge < -0.3 is 10.6 Å². The normalized spacial score (nSPS) is 14.4. The molecule has 0 bridgehead atoms. The van der Waals surface area contributed by atoms with E-state index < -0.39 is 0 Å². The zero-order valence-corrected chi connectivity index (χ0v) is 10.7. The largest absolute Gasteiger partial charge is 0.389 e. The number of rotatable bonds is 4. The van der Waals surface area contributed by atoms with E-state index in [1.165, 1.54) is 12.8 Å². The van der Waals surface area contributed by atoms with E-state index in [2.05, 4.69) is 0 Å². The highest BCUT2D eigenvalue weighted by molar-refractivity contribution is 7.80. The van der Waals surface area contributed by atoms with E-state index in [0.717, 1.165) is 11.3 Å². The Bertz CT molecular complexity index is 454. The predicted molar refractivity (Wildman–Crippen MR) is 73.1 cm³/mol. The number of thiocarbonyl (C=S) groups is 1. The minimum atomic E-state index is 0.135. The minimum Gasteiger partial charge on any atom is -0.389 e. The van der Waals surface area contributed by atoms with Crippen molar-refractivity contribution in [1.82, 2.24) is 0 Å². The zero-order chi connectivity index (χ0) is 12.4. The Labute approximate surface area is 107 Å². The van der Waals surface area contributed by atoms with Crippen LogP contribution in [0, 0.1) is 5.92 Å². The highest BCUT2D eigenvalue weighted by Gasteiger charge is 2.26. The summed E-state index contributed by atoms with van der Waals surface area (Å²) in [6, 6.07) is 7.48. The van der Waals surface area contributed by atoms with Crippen LogP contribution >= 0.6 is 12.2 Å². The number of nitrogens with two attached hydrogens (primary N) is 1. The lowest BCUT2D eigenvalue weighted by atomic mass is 10.1. The fraction of sp³-hybridized carbons (Fsp3) is 0.385. The van der Waals surface area contributed by atoms with Crippen LogP contribution in [0.4, 0.5) is 5.69 Å². The van der Waals surface area contributed by atoms with Gasteiger partial charge in [0.1, 0.15) is 4.99 Å². The van der Waals surface area contributed by atoms with Crippen LogP contribution in [0.25, 0.3) is 0 Å². The van der Waals surface area contributed by atoms with Gasteiger partial charge in [-0.2, -0.15) is 0 Å². The summed E-state index contributed by atoms with van der Waals surface area (Å²) in [6.07, 6.45) is 2.98. The smallest absolute Gasteiger partial charge is 0.227 e. The van der Waals surface area contributed by atoms with Crippen molar-refractivity contribution in [2.24, 2.45) is 11.7 Å². The molecule has 1 aliphatic rings. The van der Waals surface area contributed by atoms with E-state index in [1.54, 1.807) is 11.9 Å². The third kappa shape index (κ3) is 2.82. The highest BCUT2D eigenvalue weighted by Crippen LogP contribution is 2.33. The number of carbonyl (C=O) groups is 1. The molecule has 0 atom stereocenters. The summed E-state index contributed by atoms with van der Waals surface area (Å²) in [7, 11) is 1.78. The van der Waals surface area contributed by atoms with Gasteiger partial charge in [-0.15, -0.1) is 0 Å². The van der Waals surface area contributed by atoms with E-state index >= 15 is 0 Å². The van der Waals surface area contributed by atoms with Crippen LogP contribution in [0.1, 0.15) is 24.8 Å². The first kappa shape index (κ1) is 12.0. The molecule has 1 saturated carbocycles. The molecule has 0 heterocycles. The number of nitrogens with zero attached hydrogens (tertiary/aromatic N) is 1. The van der Waals surface area contributed by atoms with Gasteiger partial charge in [-0.05, 0) is 30.9 Å². The van der Waals surface area contributed by atoms with Gasteiger partial charge in [0.2, 0.25) is 5.91 Å². The molecular weight excluding hydrogens is 232 g/mol. The molecule has 0 spiro atoms. The number of amides is 1. The SMILES string of the molecule is CN(C(=O)CC1CC1)c1ccccc1C(N)=S. The summed E-state index contributed by atoms with van der Waals surface area (Å²) in [5, 5.41) is 0. The van der Waals surface area contributed by atoms with Crippen LogP contribution in [0.3, 0.4) is 0 Å². The number of anilines is 1. The Morgan fingerprint density at radius 1 is 1.47 bits per heavy atom. The first-order valence-corrected chi connectivity index (χ1v) is 6.16. The summed E-state index contributed by atoms with van der Waals surface area (Å²) >= 11 is 5.00. The summed E-state index contributed by atoms with van der Waals surface area (Å²) in [4.78, 5) is 14.0. The average molecular weight is 248 g/mol. The summed E-state index contributed by atoms with van der Waals surface area (Å²) in [5.41, 5.74) is 7.21. The van der Waals surface area contributed by atoms with Crippen molar-refractivity contribution in [1.29, 1.82) is 0 Å². The molecule has 90 valence electrons. The van der Waals surface area contributed by atoms with Crippen molar-refractivity contribution in [3.05, 3.63) is 29.8 Å². The summed E-state index contributed by atoms with van der Waals surface area (Å²) in [6.45, 7) is 0. The van der Waals surface area contributed by atoms with Crippen LogP contribution in [0.5, 0.6) is 0 Å². The van der Waals surface area contributed by atoms with Crippen molar-refractivity contribution < 1.29 is 4.79 Å². The van der Waals surface area contributed by atoms with Crippen LogP contribution < -0.4 is 10.6 Å². The number of hydrogen-bond donors (Lipinski definition) is 1. The van der Waals surface area contributed by atoms with Crippen molar-refractivity contribution in [2.45, 2.75) is 19.3 Å². The van der Waals surface area contributed by atoms with Crippen molar-refractivity contribution in [3.63, 3.8) is 0 Å². The lowest BCUT2D eigenvalue weighted by molar-refractivity contribution is -0.118. The number of para-hydroxylation sites is 1. The molecule has 1 aliphatic carbocycles. The maximum atomic E-state index is 12.0. The van der Waals surface area contributed by atoms with Gasteiger partial charge in [-0.1, -0.05) is 24.4 Å². The van der Waals surface area contributed by atoms with Crippen LogP contribution in [0.15, 0.2) is 24.3 Å². The van der Waals surface area contributed by atoms with Gasteiger partial charge in [-0.3, -0.25) is 4.79 Å². The Kier molecular flexibility index (Phi) is 3.43. The van der Waals surface area contributed by atoms with Gasteiger partial charge in [0.15, 0.2) is 0 Å². The second-order valence-electron chi connectivity index (χ2n) is 4.48. The molecule has 3 nitrogen and oxygen atoms in total. The van der Waals surface area contributed by atoms with Crippen LogP contribution in [-0.4, -0.2) is 17.9 Å². The second-order valence-corrected chi connectivity index (χ2v) is 4.92. The molecule has 1 aromatic carbocycles. The number of hydrogen-bond acceptors (Lipinski definition) is 2. The third-order valence-corrected chi connectivity index (χ3v) is 3.29.